The number of hydrogen-bond donors (Lipinski definition) is 5. The van der Waals surface area contributed by atoms with Gasteiger partial charge in [0.15, 0.2) is 0 Å². The second-order valence-corrected chi connectivity index (χ2v) is 14.7. The molecule has 2 aromatic rings. The Morgan fingerprint density at radius 3 is 2.00 bits per heavy atom. The lowest BCUT2D eigenvalue weighted by atomic mass is 9.67. The van der Waals surface area contributed by atoms with Crippen molar-refractivity contribution in [1.82, 2.24) is 16.1 Å². The van der Waals surface area contributed by atoms with Gasteiger partial charge in [0.05, 0.1) is 23.6 Å². The van der Waals surface area contributed by atoms with Gasteiger partial charge in [-0.3, -0.25) is 20.2 Å². The molecule has 9 heteroatoms. The molecule has 1 aliphatic heterocycles. The highest BCUT2D eigenvalue weighted by Gasteiger charge is 2.31. The highest BCUT2D eigenvalue weighted by Crippen LogP contribution is 2.41. The average molecular weight is 639 g/mol. The predicted molar refractivity (Wildman–Crippen MR) is 194 cm³/mol. The van der Waals surface area contributed by atoms with Crippen LogP contribution in [0.3, 0.4) is 0 Å². The van der Waals surface area contributed by atoms with Crippen LogP contribution in [0.1, 0.15) is 120 Å². The van der Waals surface area contributed by atoms with Crippen LogP contribution >= 0.6 is 0 Å². The maximum Gasteiger partial charge on any atom is 0.229 e. The van der Waals surface area contributed by atoms with E-state index in [2.05, 4.69) is 57.6 Å². The summed E-state index contributed by atoms with van der Waals surface area (Å²) in [6.45, 7) is 20.2. The predicted octanol–water partition coefficient (Wildman–Crippen LogP) is 6.72. The van der Waals surface area contributed by atoms with Gasteiger partial charge in [-0.1, -0.05) is 90.4 Å². The van der Waals surface area contributed by atoms with Gasteiger partial charge in [-0.05, 0) is 56.1 Å². The summed E-state index contributed by atoms with van der Waals surface area (Å²) in [6.07, 6.45) is 3.70. The van der Waals surface area contributed by atoms with E-state index in [1.54, 1.807) is 4.90 Å². The lowest BCUT2D eigenvalue weighted by Crippen LogP contribution is -2.40. The van der Waals surface area contributed by atoms with E-state index in [1.165, 1.54) is 12.8 Å². The second-order valence-electron chi connectivity index (χ2n) is 14.7. The fourth-order valence-corrected chi connectivity index (χ4v) is 5.17. The van der Waals surface area contributed by atoms with Gasteiger partial charge in [0.1, 0.15) is 0 Å². The Balaban J connectivity index is 0.00000160. The number of nitrogens with zero attached hydrogens (tertiary/aromatic N) is 1. The lowest BCUT2D eigenvalue weighted by Gasteiger charge is -2.38. The molecule has 0 radical (unpaired) electrons. The van der Waals surface area contributed by atoms with Gasteiger partial charge in [-0.25, -0.2) is 0 Å². The van der Waals surface area contributed by atoms with E-state index in [4.69, 9.17) is 11.6 Å². The van der Waals surface area contributed by atoms with E-state index in [0.29, 0.717) is 46.4 Å². The van der Waals surface area contributed by atoms with Gasteiger partial charge >= 0.3 is 0 Å². The van der Waals surface area contributed by atoms with Crippen molar-refractivity contribution >= 4 is 34.8 Å². The number of benzene rings is 2. The number of nitrogens with two attached hydrogens (primary N) is 2. The summed E-state index contributed by atoms with van der Waals surface area (Å²) < 4.78 is 0. The monoisotopic (exact) mass is 638 g/mol. The smallest absolute Gasteiger partial charge is 0.229 e. The Kier molecular flexibility index (Phi) is 13.9. The number of carbonyl (C=O) groups is 3. The van der Waals surface area contributed by atoms with Crippen LogP contribution in [-0.4, -0.2) is 29.8 Å². The normalized spacial score (nSPS) is 14.9. The Hall–Kier alpha value is -3.85. The molecule has 7 N–H and O–H groups in total. The number of carbonyl (C=O) groups excluding carboxylic acids is 3. The highest BCUT2D eigenvalue weighted by molar-refractivity contribution is 6.01. The first-order valence-electron chi connectivity index (χ1n) is 16.4. The van der Waals surface area contributed by atoms with Crippen molar-refractivity contribution in [2.45, 2.75) is 113 Å². The summed E-state index contributed by atoms with van der Waals surface area (Å²) in [5.41, 5.74) is 14.0. The third-order valence-corrected chi connectivity index (χ3v) is 8.70. The van der Waals surface area contributed by atoms with E-state index in [0.717, 1.165) is 11.1 Å². The summed E-state index contributed by atoms with van der Waals surface area (Å²) >= 11 is 0. The van der Waals surface area contributed by atoms with Crippen LogP contribution in [0.25, 0.3) is 11.4 Å². The Bertz CT molecular complexity index is 1380. The number of rotatable bonds is 10. The average Bonchev–Trinajstić information content (AvgIpc) is 2.95. The van der Waals surface area contributed by atoms with Gasteiger partial charge in [0.25, 0.3) is 0 Å². The largest absolute Gasteiger partial charge is 0.396 e. The second kappa shape index (κ2) is 16.6. The van der Waals surface area contributed by atoms with Crippen molar-refractivity contribution in [2.24, 2.45) is 22.4 Å². The maximum atomic E-state index is 13.3. The van der Waals surface area contributed by atoms with Gasteiger partial charge in [-0.15, -0.1) is 0 Å². The Morgan fingerprint density at radius 1 is 0.848 bits per heavy atom. The minimum Gasteiger partial charge on any atom is -0.396 e. The van der Waals surface area contributed by atoms with Crippen molar-refractivity contribution in [3.8, 4) is 0 Å². The molecule has 3 amide bonds. The molecular formula is C37H62N6O3. The van der Waals surface area contributed by atoms with E-state index in [-0.39, 0.29) is 51.9 Å². The van der Waals surface area contributed by atoms with Crippen LogP contribution < -0.4 is 32.5 Å². The van der Waals surface area contributed by atoms with Crippen LogP contribution in [0.4, 0.5) is 5.69 Å². The van der Waals surface area contributed by atoms with Crippen LogP contribution in [0.5, 0.6) is 0 Å². The number of para-hydroxylation sites is 1. The third kappa shape index (κ3) is 11.2. The molecule has 258 valence electrons. The van der Waals surface area contributed by atoms with Gasteiger partial charge in [0, 0.05) is 45.3 Å². The fourth-order valence-electron chi connectivity index (χ4n) is 5.17. The molecule has 0 fully saturated rings. The maximum absolute atomic E-state index is 13.3. The molecule has 0 atom stereocenters. The molecule has 1 aliphatic rings. The summed E-state index contributed by atoms with van der Waals surface area (Å²) in [6, 6.07) is 15.1. The fraction of sp³-hybridized carbons (Fsp3) is 0.541. The molecule has 1 heterocycles. The number of hydrogen-bond acceptors (Lipinski definition) is 6. The first-order chi connectivity index (χ1) is 21.4. The quantitative estimate of drug-likeness (QED) is 0.144. The summed E-state index contributed by atoms with van der Waals surface area (Å²) in [5.74, 6) is 5.42. The van der Waals surface area contributed by atoms with Gasteiger partial charge in [0.2, 0.25) is 17.7 Å². The standard InChI is InChI=1S/C27H36N6O3.C10H22.2H2/c1-27(2,3)31-23(35)14-8-13-22(34)30-16-15-24(36)33-17-18-9-4-5-10-19(18)26(32-29)25(28)20-11-6-7-12-21(20)33;1-7-8-10(5,6)9(2,3)4;;/h4-7,9-12,32H,8,13-17,28-29H2,1-3H3,(H,30,34)(H,31,35);7-8H2,1-6H3;2*1H/b26-25-;;;. The molecule has 0 spiro atoms. The highest BCUT2D eigenvalue weighted by atomic mass is 16.2. The Morgan fingerprint density at radius 2 is 1.43 bits per heavy atom. The Labute approximate surface area is 279 Å². The van der Waals surface area contributed by atoms with Crippen molar-refractivity contribution in [3.63, 3.8) is 0 Å². The molecule has 0 saturated heterocycles. The molecule has 0 unspecified atom stereocenters. The summed E-state index contributed by atoms with van der Waals surface area (Å²) in [5, 5.41) is 5.67. The van der Waals surface area contributed by atoms with E-state index < -0.39 is 0 Å². The van der Waals surface area contributed by atoms with E-state index in [1.807, 2.05) is 69.3 Å². The van der Waals surface area contributed by atoms with Crippen LogP contribution in [0.2, 0.25) is 0 Å². The molecule has 2 aromatic carbocycles. The SMILES string of the molecule is CC(C)(C)NC(=O)CCCC(=O)NCCC(=O)N1Cc2ccccc2/C(NN)=C(/N)c2ccccc21.CCCC(C)(C)C(C)(C)C.[HH].[HH]. The number of amides is 3. The lowest BCUT2D eigenvalue weighted by molar-refractivity contribution is -0.123. The van der Waals surface area contributed by atoms with Gasteiger partial charge in [-0.2, -0.15) is 0 Å². The zero-order valence-corrected chi connectivity index (χ0v) is 29.6. The van der Waals surface area contributed by atoms with Crippen molar-refractivity contribution in [1.29, 1.82) is 0 Å². The van der Waals surface area contributed by atoms with Crippen LogP contribution in [-0.2, 0) is 20.9 Å². The first-order valence-corrected chi connectivity index (χ1v) is 16.4. The van der Waals surface area contributed by atoms with E-state index >= 15 is 0 Å². The zero-order chi connectivity index (χ0) is 34.7. The van der Waals surface area contributed by atoms with Crippen molar-refractivity contribution in [3.05, 3.63) is 65.2 Å². The summed E-state index contributed by atoms with van der Waals surface area (Å²) in [4.78, 5) is 39.2. The molecule has 0 aromatic heterocycles. The molecule has 3 rings (SSSR count). The number of fused-ring (bicyclic) bond motifs is 2. The minimum absolute atomic E-state index is 0. The number of hydrazine groups is 1. The minimum atomic E-state index is -0.298. The topological polar surface area (TPSA) is 143 Å². The third-order valence-electron chi connectivity index (χ3n) is 8.70. The van der Waals surface area contributed by atoms with Crippen LogP contribution in [0, 0.1) is 10.8 Å². The molecule has 0 bridgehead atoms. The number of nitrogens with one attached hydrogen (secondary N) is 3. The molecule has 46 heavy (non-hydrogen) atoms. The van der Waals surface area contributed by atoms with Crippen molar-refractivity contribution < 1.29 is 17.2 Å². The first kappa shape index (κ1) is 38.3. The molecular weight excluding hydrogens is 576 g/mol. The van der Waals surface area contributed by atoms with Crippen LogP contribution in [0.15, 0.2) is 48.5 Å². The summed E-state index contributed by atoms with van der Waals surface area (Å²) in [7, 11) is 0. The number of anilines is 1. The van der Waals surface area contributed by atoms with E-state index in [9.17, 15) is 14.4 Å². The molecule has 0 saturated carbocycles. The van der Waals surface area contributed by atoms with Crippen molar-refractivity contribution in [2.75, 3.05) is 11.4 Å². The molecule has 0 aliphatic carbocycles. The van der Waals surface area contributed by atoms with Gasteiger partial charge < -0.3 is 26.7 Å². The zero-order valence-electron chi connectivity index (χ0n) is 29.6. The molecule has 9 nitrogen and oxygen atoms in total.